The van der Waals surface area contributed by atoms with Crippen molar-refractivity contribution in [3.63, 3.8) is 0 Å². The standard InChI is InChI=1S/C6H11NO/c1-4-5-7(3)6(2)8/h4-5H,1-3H3. The normalized spacial score (nSPS) is 9.88. The third-order valence-electron chi connectivity index (χ3n) is 0.869. The highest BCUT2D eigenvalue weighted by atomic mass is 16.2. The van der Waals surface area contributed by atoms with Crippen molar-refractivity contribution in [2.24, 2.45) is 0 Å². The minimum Gasteiger partial charge on any atom is -0.323 e. The summed E-state index contributed by atoms with van der Waals surface area (Å²) in [4.78, 5) is 11.9. The second kappa shape index (κ2) is 3.24. The number of hydrogen-bond donors (Lipinski definition) is 0. The van der Waals surface area contributed by atoms with Gasteiger partial charge in [-0.25, -0.2) is 0 Å². The molecule has 0 heterocycles. The summed E-state index contributed by atoms with van der Waals surface area (Å²) in [5, 5.41) is 0. The van der Waals surface area contributed by atoms with Gasteiger partial charge >= 0.3 is 0 Å². The minimum absolute atomic E-state index is 0.0584. The van der Waals surface area contributed by atoms with Crippen LogP contribution in [0.2, 0.25) is 0 Å². The molecule has 0 saturated carbocycles. The second-order valence-electron chi connectivity index (χ2n) is 1.61. The fourth-order valence-corrected chi connectivity index (χ4v) is 0.329. The molecule has 2 nitrogen and oxygen atoms in total. The zero-order valence-electron chi connectivity index (χ0n) is 5.51. The Morgan fingerprint density at radius 3 is 2.25 bits per heavy atom. The first-order valence-corrected chi connectivity index (χ1v) is 2.54. The summed E-state index contributed by atoms with van der Waals surface area (Å²) in [6.45, 7) is 3.40. The van der Waals surface area contributed by atoms with E-state index < -0.39 is 0 Å². The lowest BCUT2D eigenvalue weighted by atomic mass is 10.6. The molecule has 0 aromatic carbocycles. The molecular formula is C6H11NO. The molecule has 0 radical (unpaired) electrons. The number of carbonyl (C=O) groups excluding carboxylic acids is 1. The van der Waals surface area contributed by atoms with Gasteiger partial charge in [-0.1, -0.05) is 6.08 Å². The Bertz CT molecular complexity index is 107. The molecule has 1 amide bonds. The average Bonchev–Trinajstić information content (AvgIpc) is 1.67. The van der Waals surface area contributed by atoms with Gasteiger partial charge < -0.3 is 4.90 Å². The first kappa shape index (κ1) is 7.21. The Morgan fingerprint density at radius 1 is 1.62 bits per heavy atom. The summed E-state index contributed by atoms with van der Waals surface area (Å²) < 4.78 is 0. The molecule has 0 unspecified atom stereocenters. The zero-order chi connectivity index (χ0) is 6.57. The first-order chi connectivity index (χ1) is 3.68. The number of rotatable bonds is 1. The van der Waals surface area contributed by atoms with Crippen molar-refractivity contribution in [1.29, 1.82) is 0 Å². The summed E-state index contributed by atoms with van der Waals surface area (Å²) in [6.07, 6.45) is 3.55. The Kier molecular flexibility index (Phi) is 2.92. The SMILES string of the molecule is CC=CN(C)C(C)=O. The van der Waals surface area contributed by atoms with Crippen molar-refractivity contribution in [2.45, 2.75) is 13.8 Å². The zero-order valence-corrected chi connectivity index (χ0v) is 5.51. The summed E-state index contributed by atoms with van der Waals surface area (Å²) in [5.74, 6) is 0.0584. The Morgan fingerprint density at radius 2 is 2.12 bits per heavy atom. The van der Waals surface area contributed by atoms with E-state index in [1.165, 1.54) is 11.8 Å². The maximum atomic E-state index is 10.4. The van der Waals surface area contributed by atoms with Crippen molar-refractivity contribution in [3.05, 3.63) is 12.3 Å². The van der Waals surface area contributed by atoms with E-state index in [-0.39, 0.29) is 5.91 Å². The molecule has 0 aromatic rings. The highest BCUT2D eigenvalue weighted by molar-refractivity contribution is 5.73. The fraction of sp³-hybridized carbons (Fsp3) is 0.500. The van der Waals surface area contributed by atoms with Crippen LogP contribution >= 0.6 is 0 Å². The lowest BCUT2D eigenvalue weighted by Crippen LogP contribution is -2.16. The van der Waals surface area contributed by atoms with Gasteiger partial charge in [0.15, 0.2) is 0 Å². The molecule has 0 saturated heterocycles. The number of allylic oxidation sites excluding steroid dienone is 1. The van der Waals surface area contributed by atoms with Crippen molar-refractivity contribution in [1.82, 2.24) is 4.90 Å². The first-order valence-electron chi connectivity index (χ1n) is 2.54. The highest BCUT2D eigenvalue weighted by Gasteiger charge is 1.92. The van der Waals surface area contributed by atoms with Gasteiger partial charge in [0.2, 0.25) is 5.91 Å². The van der Waals surface area contributed by atoms with Gasteiger partial charge in [0.05, 0.1) is 0 Å². The Balaban J connectivity index is 3.64. The van der Waals surface area contributed by atoms with Gasteiger partial charge in [0.1, 0.15) is 0 Å². The molecule has 46 valence electrons. The Hall–Kier alpha value is -0.790. The van der Waals surface area contributed by atoms with Gasteiger partial charge in [-0.15, -0.1) is 0 Å². The molecule has 0 fully saturated rings. The fourth-order valence-electron chi connectivity index (χ4n) is 0.329. The monoisotopic (exact) mass is 113 g/mol. The summed E-state index contributed by atoms with van der Waals surface area (Å²) in [6, 6.07) is 0. The molecule has 0 bridgehead atoms. The van der Waals surface area contributed by atoms with Crippen molar-refractivity contribution >= 4 is 5.91 Å². The van der Waals surface area contributed by atoms with Gasteiger partial charge in [0, 0.05) is 20.2 Å². The van der Waals surface area contributed by atoms with Gasteiger partial charge in [-0.3, -0.25) is 4.79 Å². The number of nitrogens with zero attached hydrogens (tertiary/aromatic N) is 1. The van der Waals surface area contributed by atoms with E-state index in [2.05, 4.69) is 0 Å². The maximum Gasteiger partial charge on any atom is 0.223 e. The quantitative estimate of drug-likeness (QED) is 0.496. The Labute approximate surface area is 49.8 Å². The van der Waals surface area contributed by atoms with Crippen LogP contribution in [0.25, 0.3) is 0 Å². The van der Waals surface area contributed by atoms with Crippen LogP contribution in [0.15, 0.2) is 12.3 Å². The van der Waals surface area contributed by atoms with Crippen LogP contribution in [0.1, 0.15) is 13.8 Å². The van der Waals surface area contributed by atoms with E-state index in [1.54, 1.807) is 13.2 Å². The highest BCUT2D eigenvalue weighted by Crippen LogP contribution is 1.82. The molecule has 0 rings (SSSR count). The van der Waals surface area contributed by atoms with Crippen molar-refractivity contribution in [2.75, 3.05) is 7.05 Å². The molecule has 0 atom stereocenters. The van der Waals surface area contributed by atoms with Crippen LogP contribution < -0.4 is 0 Å². The van der Waals surface area contributed by atoms with E-state index in [0.717, 1.165) is 0 Å². The largest absolute Gasteiger partial charge is 0.323 e. The molecule has 0 N–H and O–H groups in total. The van der Waals surface area contributed by atoms with Gasteiger partial charge in [-0.05, 0) is 6.92 Å². The van der Waals surface area contributed by atoms with Crippen LogP contribution in [0.4, 0.5) is 0 Å². The predicted molar refractivity (Wildman–Crippen MR) is 33.3 cm³/mol. The van der Waals surface area contributed by atoms with E-state index in [4.69, 9.17) is 0 Å². The molecule has 2 heteroatoms. The van der Waals surface area contributed by atoms with Crippen LogP contribution in [0.5, 0.6) is 0 Å². The van der Waals surface area contributed by atoms with Gasteiger partial charge in [-0.2, -0.15) is 0 Å². The van der Waals surface area contributed by atoms with Gasteiger partial charge in [0.25, 0.3) is 0 Å². The second-order valence-corrected chi connectivity index (χ2v) is 1.61. The van der Waals surface area contributed by atoms with Crippen LogP contribution in [0.3, 0.4) is 0 Å². The number of carbonyl (C=O) groups is 1. The average molecular weight is 113 g/mol. The van der Waals surface area contributed by atoms with Crippen LogP contribution in [0, 0.1) is 0 Å². The lowest BCUT2D eigenvalue weighted by molar-refractivity contribution is -0.125. The number of hydrogen-bond acceptors (Lipinski definition) is 1. The van der Waals surface area contributed by atoms with E-state index >= 15 is 0 Å². The third-order valence-corrected chi connectivity index (χ3v) is 0.869. The van der Waals surface area contributed by atoms with Crippen molar-refractivity contribution < 1.29 is 4.79 Å². The van der Waals surface area contributed by atoms with Crippen LogP contribution in [-0.2, 0) is 4.79 Å². The van der Waals surface area contributed by atoms with E-state index in [9.17, 15) is 4.79 Å². The van der Waals surface area contributed by atoms with Crippen molar-refractivity contribution in [3.8, 4) is 0 Å². The van der Waals surface area contributed by atoms with Crippen LogP contribution in [-0.4, -0.2) is 17.9 Å². The third kappa shape index (κ3) is 2.39. The molecule has 0 aromatic heterocycles. The summed E-state index contributed by atoms with van der Waals surface area (Å²) in [5.41, 5.74) is 0. The van der Waals surface area contributed by atoms with E-state index in [0.29, 0.717) is 0 Å². The molecule has 0 aliphatic heterocycles. The number of amides is 1. The topological polar surface area (TPSA) is 20.3 Å². The molecule has 8 heavy (non-hydrogen) atoms. The molecule has 0 spiro atoms. The molecule has 0 aliphatic carbocycles. The molecule has 0 aliphatic rings. The van der Waals surface area contributed by atoms with E-state index in [1.807, 2.05) is 13.0 Å². The lowest BCUT2D eigenvalue weighted by Gasteiger charge is -2.05. The predicted octanol–water partition coefficient (Wildman–Crippen LogP) is 0.998. The summed E-state index contributed by atoms with van der Waals surface area (Å²) in [7, 11) is 1.72. The maximum absolute atomic E-state index is 10.4. The molecular weight excluding hydrogens is 102 g/mol. The smallest absolute Gasteiger partial charge is 0.223 e. The summed E-state index contributed by atoms with van der Waals surface area (Å²) >= 11 is 0. The minimum atomic E-state index is 0.0584.